The molecule has 0 aromatic heterocycles. The van der Waals surface area contributed by atoms with Crippen LogP contribution in [0.5, 0.6) is 0 Å². The monoisotopic (exact) mass is 216 g/mol. The van der Waals surface area contributed by atoms with E-state index in [0.29, 0.717) is 20.7 Å². The number of ether oxygens (including phenoxy) is 3. The number of fused-ring (bicyclic) bond motifs is 1. The fourth-order valence-electron chi connectivity index (χ4n) is 1.93. The lowest BCUT2D eigenvalue weighted by Gasteiger charge is -2.34. The number of aliphatic hydroxyl groups excluding tert-OH is 1. The molecule has 0 aromatic carbocycles. The lowest BCUT2D eigenvalue weighted by molar-refractivity contribution is -0.115. The highest BCUT2D eigenvalue weighted by molar-refractivity contribution is 7.45. The fraction of sp³-hybridized carbons (Fsp3) is 0.750. The van der Waals surface area contributed by atoms with E-state index in [1.807, 2.05) is 14.8 Å². The highest BCUT2D eigenvalue weighted by Crippen LogP contribution is 2.51. The largest absolute Gasteiger partial charge is 0.506 e. The van der Waals surface area contributed by atoms with Crippen molar-refractivity contribution in [3.63, 3.8) is 0 Å². The predicted octanol–water partition coefficient (Wildman–Crippen LogP) is 0.143. The summed E-state index contributed by atoms with van der Waals surface area (Å²) in [6, 6.07) is 0. The number of methoxy groups -OCH3 is 1. The summed E-state index contributed by atoms with van der Waals surface area (Å²) in [4.78, 5) is 0. The Bertz CT molecular complexity index is 283. The first kappa shape index (κ1) is 10.3. The molecule has 4 unspecified atom stereocenters. The van der Waals surface area contributed by atoms with Crippen molar-refractivity contribution in [3.05, 3.63) is 11.3 Å². The van der Waals surface area contributed by atoms with Crippen LogP contribution in [0.15, 0.2) is 11.3 Å². The molecule has 2 aliphatic rings. The molecule has 2 heterocycles. The average molecular weight is 216 g/mol. The maximum absolute atomic E-state index is 9.94. The van der Waals surface area contributed by atoms with Crippen molar-refractivity contribution in [3.8, 4) is 0 Å². The van der Waals surface area contributed by atoms with E-state index >= 15 is 0 Å². The van der Waals surface area contributed by atoms with Gasteiger partial charge in [0.25, 0.3) is 0 Å². The Balaban J connectivity index is 2.34. The third kappa shape index (κ3) is 1.27. The van der Waals surface area contributed by atoms with Crippen LogP contribution in [-0.2, 0) is 14.2 Å². The highest BCUT2D eigenvalue weighted by atomic mass is 31.1. The minimum absolute atomic E-state index is 0.0981. The summed E-state index contributed by atoms with van der Waals surface area (Å²) in [6.07, 6.45) is -0.171. The number of hydrogen-bond acceptors (Lipinski definition) is 4. The summed E-state index contributed by atoms with van der Waals surface area (Å²) in [5.41, 5.74) is -0.0809. The van der Waals surface area contributed by atoms with Crippen LogP contribution in [-0.4, -0.2) is 44.1 Å². The quantitative estimate of drug-likeness (QED) is 0.526. The zero-order chi connectivity index (χ0) is 10.3. The van der Waals surface area contributed by atoms with Gasteiger partial charge < -0.3 is 19.3 Å². The van der Waals surface area contributed by atoms with Crippen LogP contribution in [0.25, 0.3) is 0 Å². The van der Waals surface area contributed by atoms with Crippen molar-refractivity contribution in [2.45, 2.75) is 24.4 Å². The van der Waals surface area contributed by atoms with Gasteiger partial charge in [-0.15, -0.1) is 0 Å². The van der Waals surface area contributed by atoms with Gasteiger partial charge in [-0.1, -0.05) is 0 Å². The molecule has 1 N–H and O–H groups in total. The van der Waals surface area contributed by atoms with Gasteiger partial charge in [-0.3, -0.25) is 0 Å². The minimum atomic E-state index is -0.769. The molecule has 0 amide bonds. The smallest absolute Gasteiger partial charge is 0.188 e. The SMILES string of the molecule is BC1OC2(COC)C(O)=C(OC2C)P1. The van der Waals surface area contributed by atoms with Gasteiger partial charge in [-0.05, 0) is 15.5 Å². The average Bonchev–Trinajstić information content (AvgIpc) is 2.29. The summed E-state index contributed by atoms with van der Waals surface area (Å²) in [6.45, 7) is 2.23. The second kappa shape index (κ2) is 3.40. The van der Waals surface area contributed by atoms with Crippen molar-refractivity contribution in [1.29, 1.82) is 0 Å². The zero-order valence-corrected chi connectivity index (χ0v) is 9.53. The molecular formula is C8H14BO4P. The number of hydrogen-bond donors (Lipinski definition) is 1. The maximum atomic E-state index is 9.94. The highest BCUT2D eigenvalue weighted by Gasteiger charge is 2.54. The van der Waals surface area contributed by atoms with Gasteiger partial charge >= 0.3 is 0 Å². The van der Waals surface area contributed by atoms with E-state index in [1.54, 1.807) is 7.11 Å². The summed E-state index contributed by atoms with van der Waals surface area (Å²) in [5.74, 6) is 0.323. The van der Waals surface area contributed by atoms with E-state index < -0.39 is 5.60 Å². The van der Waals surface area contributed by atoms with Crippen molar-refractivity contribution in [2.75, 3.05) is 13.7 Å². The van der Waals surface area contributed by atoms with Crippen molar-refractivity contribution >= 4 is 16.4 Å². The molecule has 0 aromatic rings. The minimum Gasteiger partial charge on any atom is -0.506 e. The second-order valence-corrected chi connectivity index (χ2v) is 5.22. The van der Waals surface area contributed by atoms with E-state index in [4.69, 9.17) is 14.2 Å². The standard InChI is InChI=1S/C8H14BO4P/c1-4-8(3-11-2)5(10)6(12-4)14-7(9)13-8/h4,7,10,14H,3,9H2,1-2H3. The van der Waals surface area contributed by atoms with Gasteiger partial charge in [-0.2, -0.15) is 0 Å². The molecule has 4 nitrogen and oxygen atoms in total. The molecule has 2 aliphatic heterocycles. The molecule has 0 aliphatic carbocycles. The van der Waals surface area contributed by atoms with Crippen molar-refractivity contribution in [2.24, 2.45) is 0 Å². The van der Waals surface area contributed by atoms with Crippen LogP contribution >= 0.6 is 8.58 Å². The molecule has 78 valence electrons. The zero-order valence-electron chi connectivity index (χ0n) is 8.53. The third-order valence-electron chi connectivity index (χ3n) is 2.65. The molecule has 0 fully saturated rings. The van der Waals surface area contributed by atoms with E-state index in [2.05, 4.69) is 0 Å². The van der Waals surface area contributed by atoms with Gasteiger partial charge in [0.1, 0.15) is 14.0 Å². The molecule has 2 bridgehead atoms. The van der Waals surface area contributed by atoms with Gasteiger partial charge in [0, 0.05) is 12.9 Å². The normalized spacial score (nSPS) is 43.0. The van der Waals surface area contributed by atoms with Crippen LogP contribution in [0.3, 0.4) is 0 Å². The van der Waals surface area contributed by atoms with Crippen LogP contribution in [0.2, 0.25) is 0 Å². The Labute approximate surface area is 85.8 Å². The third-order valence-corrected chi connectivity index (χ3v) is 3.79. The fourth-order valence-corrected chi connectivity index (χ4v) is 3.16. The molecule has 14 heavy (non-hydrogen) atoms. The lowest BCUT2D eigenvalue weighted by atomic mass is 9.97. The summed E-state index contributed by atoms with van der Waals surface area (Å²) >= 11 is 0. The Kier molecular flexibility index (Phi) is 2.50. The van der Waals surface area contributed by atoms with Crippen molar-refractivity contribution < 1.29 is 19.3 Å². The molecule has 0 saturated heterocycles. The number of rotatable bonds is 2. The Morgan fingerprint density at radius 3 is 3.07 bits per heavy atom. The molecule has 4 atom stereocenters. The van der Waals surface area contributed by atoms with Gasteiger partial charge in [0.15, 0.2) is 16.9 Å². The first-order valence-electron chi connectivity index (χ1n) is 4.64. The topological polar surface area (TPSA) is 47.9 Å². The summed E-state index contributed by atoms with van der Waals surface area (Å²) in [7, 11) is 3.97. The first-order chi connectivity index (χ1) is 6.60. The predicted molar refractivity (Wildman–Crippen MR) is 56.5 cm³/mol. The molecule has 0 radical (unpaired) electrons. The van der Waals surface area contributed by atoms with Crippen LogP contribution < -0.4 is 0 Å². The van der Waals surface area contributed by atoms with Gasteiger partial charge in [0.2, 0.25) is 0 Å². The summed E-state index contributed by atoms with van der Waals surface area (Å²) in [5, 5.41) is 9.94. The summed E-state index contributed by atoms with van der Waals surface area (Å²) < 4.78 is 16.4. The molecule has 6 heteroatoms. The van der Waals surface area contributed by atoms with E-state index in [9.17, 15) is 5.11 Å². The molecule has 0 spiro atoms. The lowest BCUT2D eigenvalue weighted by Crippen LogP contribution is -2.48. The van der Waals surface area contributed by atoms with E-state index in [0.717, 1.165) is 0 Å². The molecule has 2 rings (SSSR count). The number of aliphatic hydroxyl groups is 1. The molecule has 0 saturated carbocycles. The second-order valence-electron chi connectivity index (χ2n) is 3.66. The van der Waals surface area contributed by atoms with Crippen LogP contribution in [0, 0.1) is 0 Å². The van der Waals surface area contributed by atoms with Crippen LogP contribution in [0.4, 0.5) is 0 Å². The van der Waals surface area contributed by atoms with Crippen LogP contribution in [0.1, 0.15) is 6.92 Å². The molecular weight excluding hydrogens is 202 g/mol. The van der Waals surface area contributed by atoms with Gasteiger partial charge in [0.05, 0.1) is 6.61 Å². The maximum Gasteiger partial charge on any atom is 0.188 e. The van der Waals surface area contributed by atoms with E-state index in [1.165, 1.54) is 0 Å². The van der Waals surface area contributed by atoms with Crippen molar-refractivity contribution in [1.82, 2.24) is 0 Å². The first-order valence-corrected chi connectivity index (χ1v) is 5.71. The van der Waals surface area contributed by atoms with E-state index in [-0.39, 0.29) is 17.6 Å². The Hall–Kier alpha value is -0.245. The Morgan fingerprint density at radius 1 is 1.71 bits per heavy atom. The Morgan fingerprint density at radius 2 is 2.43 bits per heavy atom. The van der Waals surface area contributed by atoms with Gasteiger partial charge in [-0.25, -0.2) is 0 Å².